The Morgan fingerprint density at radius 1 is 1.29 bits per heavy atom. The number of piperidine rings is 1. The van der Waals surface area contributed by atoms with Crippen molar-refractivity contribution < 1.29 is 4.79 Å². The molecule has 0 unspecified atom stereocenters. The molecule has 0 bridgehead atoms. The fourth-order valence-corrected chi connectivity index (χ4v) is 2.35. The molecule has 0 spiro atoms. The third kappa shape index (κ3) is 2.72. The van der Waals surface area contributed by atoms with Gasteiger partial charge in [-0.3, -0.25) is 4.79 Å². The standard InChI is InChI=1S/C13H17ClN2O/c1-15-12-6-5-10(14)9-11(12)13(17)16-7-3-2-4-8-16/h5-6,9,15H,2-4,7-8H2,1H3. The first-order valence-corrected chi connectivity index (χ1v) is 6.37. The Labute approximate surface area is 107 Å². The fraction of sp³-hybridized carbons (Fsp3) is 0.462. The number of rotatable bonds is 2. The Morgan fingerprint density at radius 3 is 2.65 bits per heavy atom. The van der Waals surface area contributed by atoms with Gasteiger partial charge in [0.25, 0.3) is 5.91 Å². The van der Waals surface area contributed by atoms with Gasteiger partial charge in [-0.25, -0.2) is 0 Å². The van der Waals surface area contributed by atoms with Crippen LogP contribution in [0.4, 0.5) is 5.69 Å². The lowest BCUT2D eigenvalue weighted by Gasteiger charge is -2.27. The van der Waals surface area contributed by atoms with Crippen LogP contribution < -0.4 is 5.32 Å². The van der Waals surface area contributed by atoms with Crippen LogP contribution in [-0.4, -0.2) is 30.9 Å². The highest BCUT2D eigenvalue weighted by molar-refractivity contribution is 6.31. The molecule has 1 amide bonds. The van der Waals surface area contributed by atoms with E-state index >= 15 is 0 Å². The molecular weight excluding hydrogens is 236 g/mol. The highest BCUT2D eigenvalue weighted by Gasteiger charge is 2.20. The van der Waals surface area contributed by atoms with Crippen molar-refractivity contribution in [2.45, 2.75) is 19.3 Å². The molecule has 0 saturated carbocycles. The van der Waals surface area contributed by atoms with Crippen LogP contribution in [0, 0.1) is 0 Å². The topological polar surface area (TPSA) is 32.3 Å². The molecule has 0 radical (unpaired) electrons. The molecular formula is C13H17ClN2O. The molecule has 17 heavy (non-hydrogen) atoms. The first-order valence-electron chi connectivity index (χ1n) is 5.99. The van der Waals surface area contributed by atoms with E-state index in [9.17, 15) is 4.79 Å². The Kier molecular flexibility index (Phi) is 3.89. The number of carbonyl (C=O) groups excluding carboxylic acids is 1. The second kappa shape index (κ2) is 5.41. The average molecular weight is 253 g/mol. The van der Waals surface area contributed by atoms with Gasteiger partial charge in [-0.1, -0.05) is 11.6 Å². The number of hydrogen-bond donors (Lipinski definition) is 1. The predicted molar refractivity (Wildman–Crippen MR) is 70.8 cm³/mol. The summed E-state index contributed by atoms with van der Waals surface area (Å²) < 4.78 is 0. The van der Waals surface area contributed by atoms with Crippen molar-refractivity contribution in [2.75, 3.05) is 25.5 Å². The summed E-state index contributed by atoms with van der Waals surface area (Å²) in [7, 11) is 1.82. The van der Waals surface area contributed by atoms with Gasteiger partial charge in [0.1, 0.15) is 0 Å². The minimum atomic E-state index is 0.0801. The minimum Gasteiger partial charge on any atom is -0.387 e. The first kappa shape index (κ1) is 12.2. The maximum absolute atomic E-state index is 12.4. The molecule has 1 aromatic carbocycles. The highest BCUT2D eigenvalue weighted by Crippen LogP contribution is 2.23. The van der Waals surface area contributed by atoms with Crippen molar-refractivity contribution in [3.05, 3.63) is 28.8 Å². The summed E-state index contributed by atoms with van der Waals surface area (Å²) >= 11 is 5.96. The maximum Gasteiger partial charge on any atom is 0.256 e. The van der Waals surface area contributed by atoms with Crippen molar-refractivity contribution in [1.82, 2.24) is 4.90 Å². The summed E-state index contributed by atoms with van der Waals surface area (Å²) in [5.74, 6) is 0.0801. The molecule has 1 aliphatic rings. The third-order valence-corrected chi connectivity index (χ3v) is 3.36. The maximum atomic E-state index is 12.4. The number of halogens is 1. The summed E-state index contributed by atoms with van der Waals surface area (Å²) in [5, 5.41) is 3.64. The molecule has 0 atom stereocenters. The van der Waals surface area contributed by atoms with Gasteiger partial charge in [0.2, 0.25) is 0 Å². The van der Waals surface area contributed by atoms with Crippen LogP contribution in [0.2, 0.25) is 5.02 Å². The number of benzene rings is 1. The molecule has 92 valence electrons. The lowest BCUT2D eigenvalue weighted by atomic mass is 10.1. The van der Waals surface area contributed by atoms with Gasteiger partial charge in [0.15, 0.2) is 0 Å². The predicted octanol–water partition coefficient (Wildman–Crippen LogP) is 3.01. The molecule has 0 aliphatic carbocycles. The van der Waals surface area contributed by atoms with Gasteiger partial charge in [0, 0.05) is 30.8 Å². The zero-order valence-corrected chi connectivity index (χ0v) is 10.8. The quantitative estimate of drug-likeness (QED) is 0.878. The lowest BCUT2D eigenvalue weighted by Crippen LogP contribution is -2.35. The van der Waals surface area contributed by atoms with Crippen LogP contribution in [0.1, 0.15) is 29.6 Å². The Bertz CT molecular complexity index is 414. The number of anilines is 1. The molecule has 4 heteroatoms. The molecule has 1 fully saturated rings. The Morgan fingerprint density at radius 2 is 2.00 bits per heavy atom. The normalized spacial score (nSPS) is 15.8. The van der Waals surface area contributed by atoms with Gasteiger partial charge in [0.05, 0.1) is 5.56 Å². The number of likely N-dealkylation sites (tertiary alicyclic amines) is 1. The zero-order valence-electron chi connectivity index (χ0n) is 10.0. The summed E-state index contributed by atoms with van der Waals surface area (Å²) in [6, 6.07) is 5.38. The van der Waals surface area contributed by atoms with E-state index in [4.69, 9.17) is 11.6 Å². The van der Waals surface area contributed by atoms with Crippen LogP contribution in [0.3, 0.4) is 0 Å². The van der Waals surface area contributed by atoms with Gasteiger partial charge in [-0.15, -0.1) is 0 Å². The molecule has 1 heterocycles. The number of nitrogens with one attached hydrogen (secondary N) is 1. The molecule has 1 saturated heterocycles. The second-order valence-corrected chi connectivity index (χ2v) is 4.73. The Hall–Kier alpha value is -1.22. The van der Waals surface area contributed by atoms with E-state index in [1.54, 1.807) is 12.1 Å². The van der Waals surface area contributed by atoms with E-state index in [0.717, 1.165) is 31.6 Å². The third-order valence-electron chi connectivity index (χ3n) is 3.12. The van der Waals surface area contributed by atoms with E-state index in [1.165, 1.54) is 6.42 Å². The van der Waals surface area contributed by atoms with Gasteiger partial charge < -0.3 is 10.2 Å². The van der Waals surface area contributed by atoms with Crippen molar-refractivity contribution in [1.29, 1.82) is 0 Å². The number of amides is 1. The number of carbonyl (C=O) groups is 1. The second-order valence-electron chi connectivity index (χ2n) is 4.29. The monoisotopic (exact) mass is 252 g/mol. The van der Waals surface area contributed by atoms with Crippen LogP contribution in [-0.2, 0) is 0 Å². The number of hydrogen-bond acceptors (Lipinski definition) is 2. The summed E-state index contributed by atoms with van der Waals surface area (Å²) in [6.45, 7) is 1.71. The molecule has 3 nitrogen and oxygen atoms in total. The smallest absolute Gasteiger partial charge is 0.256 e. The largest absolute Gasteiger partial charge is 0.387 e. The van der Waals surface area contributed by atoms with E-state index in [-0.39, 0.29) is 5.91 Å². The van der Waals surface area contributed by atoms with Crippen LogP contribution >= 0.6 is 11.6 Å². The van der Waals surface area contributed by atoms with Crippen LogP contribution in [0.25, 0.3) is 0 Å². The van der Waals surface area contributed by atoms with Crippen molar-refractivity contribution in [2.24, 2.45) is 0 Å². The SMILES string of the molecule is CNc1ccc(Cl)cc1C(=O)N1CCCCC1. The van der Waals surface area contributed by atoms with Crippen molar-refractivity contribution >= 4 is 23.2 Å². The van der Waals surface area contributed by atoms with Crippen molar-refractivity contribution in [3.63, 3.8) is 0 Å². The lowest BCUT2D eigenvalue weighted by molar-refractivity contribution is 0.0725. The van der Waals surface area contributed by atoms with Gasteiger partial charge >= 0.3 is 0 Å². The number of nitrogens with zero attached hydrogens (tertiary/aromatic N) is 1. The molecule has 1 aliphatic heterocycles. The summed E-state index contributed by atoms with van der Waals surface area (Å²) in [4.78, 5) is 14.3. The van der Waals surface area contributed by atoms with E-state index < -0.39 is 0 Å². The van der Waals surface area contributed by atoms with Crippen LogP contribution in [0.15, 0.2) is 18.2 Å². The average Bonchev–Trinajstić information content (AvgIpc) is 2.39. The Balaban J connectivity index is 2.25. The van der Waals surface area contributed by atoms with Gasteiger partial charge in [-0.05, 0) is 37.5 Å². The summed E-state index contributed by atoms with van der Waals surface area (Å²) in [5.41, 5.74) is 1.51. The van der Waals surface area contributed by atoms with Crippen LogP contribution in [0.5, 0.6) is 0 Å². The van der Waals surface area contributed by atoms with E-state index in [0.29, 0.717) is 10.6 Å². The fourth-order valence-electron chi connectivity index (χ4n) is 2.18. The zero-order chi connectivity index (χ0) is 12.3. The highest BCUT2D eigenvalue weighted by atomic mass is 35.5. The molecule has 1 aromatic rings. The summed E-state index contributed by atoms with van der Waals surface area (Å²) in [6.07, 6.45) is 3.42. The van der Waals surface area contributed by atoms with E-state index in [1.807, 2.05) is 18.0 Å². The van der Waals surface area contributed by atoms with Gasteiger partial charge in [-0.2, -0.15) is 0 Å². The molecule has 0 aromatic heterocycles. The minimum absolute atomic E-state index is 0.0801. The van der Waals surface area contributed by atoms with E-state index in [2.05, 4.69) is 5.32 Å². The van der Waals surface area contributed by atoms with Crippen molar-refractivity contribution in [3.8, 4) is 0 Å². The first-order chi connectivity index (χ1) is 8.22. The molecule has 2 rings (SSSR count). The molecule has 1 N–H and O–H groups in total.